The Morgan fingerprint density at radius 1 is 1.28 bits per heavy atom. The van der Waals surface area contributed by atoms with E-state index in [1.165, 1.54) is 18.3 Å². The zero-order valence-electron chi connectivity index (χ0n) is 15.6. The van der Waals surface area contributed by atoms with E-state index in [4.69, 9.17) is 0 Å². The van der Waals surface area contributed by atoms with E-state index in [9.17, 15) is 13.6 Å². The standard InChI is InChI=1S/C19H19F2N7O/c1-11-4-14(15-10-28(27-26-15)9-12-6-18(29)23-8-12)24-17(5-11)25-16-7-13(19(20)21)2-3-22-16/h2-5,7,10,12,19H,6,8-9H2,1H3,(H,23,29)(H,22,24,25)/t12-/m0/s1. The van der Waals surface area contributed by atoms with Crippen LogP contribution in [0.5, 0.6) is 0 Å². The van der Waals surface area contributed by atoms with Crippen LogP contribution in [-0.2, 0) is 11.3 Å². The van der Waals surface area contributed by atoms with Crippen molar-refractivity contribution in [2.45, 2.75) is 26.3 Å². The van der Waals surface area contributed by atoms with E-state index >= 15 is 0 Å². The minimum atomic E-state index is -2.57. The molecule has 10 heteroatoms. The summed E-state index contributed by atoms with van der Waals surface area (Å²) in [5.41, 5.74) is 1.99. The van der Waals surface area contributed by atoms with Crippen LogP contribution < -0.4 is 10.6 Å². The Hall–Kier alpha value is -3.43. The van der Waals surface area contributed by atoms with Crippen molar-refractivity contribution in [3.05, 3.63) is 47.8 Å². The van der Waals surface area contributed by atoms with Crippen molar-refractivity contribution in [2.75, 3.05) is 11.9 Å². The molecule has 150 valence electrons. The van der Waals surface area contributed by atoms with Crippen LogP contribution in [0.4, 0.5) is 20.4 Å². The van der Waals surface area contributed by atoms with Crippen molar-refractivity contribution in [3.8, 4) is 11.4 Å². The topological polar surface area (TPSA) is 97.6 Å². The van der Waals surface area contributed by atoms with Crippen LogP contribution in [0.25, 0.3) is 11.4 Å². The average Bonchev–Trinajstić information content (AvgIpc) is 3.31. The number of halogens is 2. The number of hydrogen-bond acceptors (Lipinski definition) is 6. The second kappa shape index (κ2) is 7.90. The third-order valence-corrected chi connectivity index (χ3v) is 4.57. The number of anilines is 2. The maximum absolute atomic E-state index is 12.9. The van der Waals surface area contributed by atoms with Crippen LogP contribution in [0, 0.1) is 12.8 Å². The molecule has 0 saturated carbocycles. The summed E-state index contributed by atoms with van der Waals surface area (Å²) in [5, 5.41) is 14.1. The van der Waals surface area contributed by atoms with Gasteiger partial charge in [0, 0.05) is 37.2 Å². The van der Waals surface area contributed by atoms with Crippen molar-refractivity contribution in [1.29, 1.82) is 0 Å². The predicted molar refractivity (Wildman–Crippen MR) is 102 cm³/mol. The first-order valence-electron chi connectivity index (χ1n) is 9.13. The molecule has 4 heterocycles. The van der Waals surface area contributed by atoms with Crippen molar-refractivity contribution >= 4 is 17.5 Å². The van der Waals surface area contributed by atoms with E-state index in [2.05, 4.69) is 30.9 Å². The molecule has 0 bridgehead atoms. The highest BCUT2D eigenvalue weighted by atomic mass is 19.3. The summed E-state index contributed by atoms with van der Waals surface area (Å²) in [6.45, 7) is 3.13. The third kappa shape index (κ3) is 4.53. The van der Waals surface area contributed by atoms with Gasteiger partial charge in [0.1, 0.15) is 17.3 Å². The molecule has 1 atom stereocenters. The van der Waals surface area contributed by atoms with E-state index in [0.717, 1.165) is 5.56 Å². The first-order chi connectivity index (χ1) is 14.0. The number of aryl methyl sites for hydroxylation is 1. The van der Waals surface area contributed by atoms with Gasteiger partial charge in [-0.1, -0.05) is 5.21 Å². The zero-order chi connectivity index (χ0) is 20.4. The number of pyridine rings is 2. The summed E-state index contributed by atoms with van der Waals surface area (Å²) in [6.07, 6.45) is 1.02. The molecule has 1 fully saturated rings. The highest BCUT2D eigenvalue weighted by molar-refractivity contribution is 5.78. The number of carbonyl (C=O) groups excluding carboxylic acids is 1. The number of nitrogens with zero attached hydrogens (tertiary/aromatic N) is 5. The Balaban J connectivity index is 1.53. The second-order valence-electron chi connectivity index (χ2n) is 7.02. The number of carbonyl (C=O) groups is 1. The molecule has 0 radical (unpaired) electrons. The average molecular weight is 399 g/mol. The van der Waals surface area contributed by atoms with E-state index in [-0.39, 0.29) is 23.2 Å². The molecule has 2 N–H and O–H groups in total. The summed E-state index contributed by atoms with van der Waals surface area (Å²) >= 11 is 0. The summed E-state index contributed by atoms with van der Waals surface area (Å²) in [4.78, 5) is 19.9. The zero-order valence-corrected chi connectivity index (χ0v) is 15.6. The fourth-order valence-electron chi connectivity index (χ4n) is 3.21. The minimum absolute atomic E-state index is 0.0518. The van der Waals surface area contributed by atoms with Gasteiger partial charge in [-0.25, -0.2) is 18.7 Å². The van der Waals surface area contributed by atoms with Crippen LogP contribution in [0.2, 0.25) is 0 Å². The SMILES string of the molecule is Cc1cc(Nc2cc(C(F)F)ccn2)nc(-c2cn(C[C@@H]3CNC(=O)C3)nn2)c1. The van der Waals surface area contributed by atoms with Gasteiger partial charge in [0.05, 0.1) is 11.9 Å². The summed E-state index contributed by atoms with van der Waals surface area (Å²) < 4.78 is 27.5. The molecule has 0 spiro atoms. The number of alkyl halides is 2. The molecular weight excluding hydrogens is 380 g/mol. The molecule has 3 aromatic rings. The number of aromatic nitrogens is 5. The Morgan fingerprint density at radius 3 is 2.90 bits per heavy atom. The third-order valence-electron chi connectivity index (χ3n) is 4.57. The van der Waals surface area contributed by atoms with Crippen molar-refractivity contribution in [2.24, 2.45) is 5.92 Å². The number of amides is 1. The lowest BCUT2D eigenvalue weighted by atomic mass is 10.1. The summed E-state index contributed by atoms with van der Waals surface area (Å²) in [6, 6.07) is 6.22. The molecule has 4 rings (SSSR count). The lowest BCUT2D eigenvalue weighted by molar-refractivity contribution is -0.119. The van der Waals surface area contributed by atoms with Gasteiger partial charge in [0.25, 0.3) is 6.43 Å². The van der Waals surface area contributed by atoms with Gasteiger partial charge in [0.2, 0.25) is 5.91 Å². The van der Waals surface area contributed by atoms with E-state index in [1.807, 2.05) is 13.0 Å². The Kier molecular flexibility index (Phi) is 5.15. The lowest BCUT2D eigenvalue weighted by Gasteiger charge is -2.09. The van der Waals surface area contributed by atoms with Crippen molar-refractivity contribution in [3.63, 3.8) is 0 Å². The van der Waals surface area contributed by atoms with Crippen LogP contribution >= 0.6 is 0 Å². The molecule has 0 aromatic carbocycles. The van der Waals surface area contributed by atoms with Gasteiger partial charge >= 0.3 is 0 Å². The molecule has 1 aliphatic rings. The molecule has 0 unspecified atom stereocenters. The van der Waals surface area contributed by atoms with Crippen LogP contribution in [0.1, 0.15) is 24.0 Å². The molecule has 1 amide bonds. The highest BCUT2D eigenvalue weighted by Crippen LogP contribution is 2.24. The smallest absolute Gasteiger partial charge is 0.264 e. The minimum Gasteiger partial charge on any atom is -0.356 e. The van der Waals surface area contributed by atoms with E-state index in [0.29, 0.717) is 36.7 Å². The Bertz CT molecular complexity index is 1040. The molecule has 1 saturated heterocycles. The first kappa shape index (κ1) is 18.9. The number of nitrogens with one attached hydrogen (secondary N) is 2. The Labute approximate surface area is 165 Å². The maximum atomic E-state index is 12.9. The molecule has 3 aromatic heterocycles. The fraction of sp³-hybridized carbons (Fsp3) is 0.316. The second-order valence-corrected chi connectivity index (χ2v) is 7.02. The van der Waals surface area contributed by atoms with E-state index in [1.54, 1.807) is 16.9 Å². The molecule has 1 aliphatic heterocycles. The van der Waals surface area contributed by atoms with Crippen LogP contribution in [0.15, 0.2) is 36.7 Å². The number of hydrogen-bond donors (Lipinski definition) is 2. The first-order valence-corrected chi connectivity index (χ1v) is 9.13. The summed E-state index contributed by atoms with van der Waals surface area (Å²) in [5.74, 6) is 0.997. The molecular formula is C19H19F2N7O. The predicted octanol–water partition coefficient (Wildman–Crippen LogP) is 2.86. The van der Waals surface area contributed by atoms with Crippen LogP contribution in [-0.4, -0.2) is 37.4 Å². The van der Waals surface area contributed by atoms with Crippen molar-refractivity contribution in [1.82, 2.24) is 30.3 Å². The molecule has 0 aliphatic carbocycles. The van der Waals surface area contributed by atoms with Gasteiger partial charge in [-0.05, 0) is 36.8 Å². The molecule has 8 nitrogen and oxygen atoms in total. The molecule has 29 heavy (non-hydrogen) atoms. The monoisotopic (exact) mass is 399 g/mol. The van der Waals surface area contributed by atoms with Gasteiger partial charge in [-0.2, -0.15) is 0 Å². The van der Waals surface area contributed by atoms with Gasteiger partial charge < -0.3 is 10.6 Å². The lowest BCUT2D eigenvalue weighted by Crippen LogP contribution is -2.16. The Morgan fingerprint density at radius 2 is 2.14 bits per heavy atom. The maximum Gasteiger partial charge on any atom is 0.264 e. The fourth-order valence-corrected chi connectivity index (χ4v) is 3.21. The largest absolute Gasteiger partial charge is 0.356 e. The van der Waals surface area contributed by atoms with Crippen molar-refractivity contribution < 1.29 is 13.6 Å². The van der Waals surface area contributed by atoms with E-state index < -0.39 is 6.43 Å². The normalized spacial score (nSPS) is 16.3. The van der Waals surface area contributed by atoms with Gasteiger partial charge in [-0.3, -0.25) is 9.48 Å². The number of rotatable bonds is 6. The van der Waals surface area contributed by atoms with Gasteiger partial charge in [0.15, 0.2) is 0 Å². The quantitative estimate of drug-likeness (QED) is 0.662. The van der Waals surface area contributed by atoms with Gasteiger partial charge in [-0.15, -0.1) is 5.10 Å². The van der Waals surface area contributed by atoms with Crippen LogP contribution in [0.3, 0.4) is 0 Å². The highest BCUT2D eigenvalue weighted by Gasteiger charge is 2.22. The summed E-state index contributed by atoms with van der Waals surface area (Å²) in [7, 11) is 0.